The van der Waals surface area contributed by atoms with Crippen molar-refractivity contribution < 1.29 is 9.53 Å². The van der Waals surface area contributed by atoms with E-state index < -0.39 is 0 Å². The summed E-state index contributed by atoms with van der Waals surface area (Å²) in [4.78, 5) is 10.9. The zero-order valence-corrected chi connectivity index (χ0v) is 10.8. The SMILES string of the molecule is COc1ccc(C/C(C)=C/NC(=O)CCl)cc1. The number of ether oxygens (including phenoxy) is 1. The molecule has 0 fully saturated rings. The van der Waals surface area contributed by atoms with Crippen molar-refractivity contribution in [3.05, 3.63) is 41.6 Å². The smallest absolute Gasteiger partial charge is 0.238 e. The van der Waals surface area contributed by atoms with Gasteiger partial charge in [-0.1, -0.05) is 17.7 Å². The molecule has 17 heavy (non-hydrogen) atoms. The maximum atomic E-state index is 10.9. The van der Waals surface area contributed by atoms with E-state index >= 15 is 0 Å². The number of hydrogen-bond acceptors (Lipinski definition) is 2. The molecule has 0 unspecified atom stereocenters. The maximum absolute atomic E-state index is 10.9. The van der Waals surface area contributed by atoms with Crippen LogP contribution in [0.15, 0.2) is 36.0 Å². The minimum absolute atomic E-state index is 0.0215. The summed E-state index contributed by atoms with van der Waals surface area (Å²) in [7, 11) is 1.64. The van der Waals surface area contributed by atoms with Crippen LogP contribution >= 0.6 is 11.6 Å². The molecule has 0 atom stereocenters. The van der Waals surface area contributed by atoms with Crippen molar-refractivity contribution in [2.24, 2.45) is 0 Å². The molecular formula is C13H16ClNO2. The number of allylic oxidation sites excluding steroid dienone is 1. The summed E-state index contributed by atoms with van der Waals surface area (Å²) in [5.74, 6) is 0.623. The topological polar surface area (TPSA) is 38.3 Å². The van der Waals surface area contributed by atoms with E-state index in [4.69, 9.17) is 16.3 Å². The number of carbonyl (C=O) groups is 1. The molecule has 92 valence electrons. The Morgan fingerprint density at radius 1 is 1.41 bits per heavy atom. The van der Waals surface area contributed by atoms with Gasteiger partial charge in [-0.3, -0.25) is 4.79 Å². The van der Waals surface area contributed by atoms with Crippen LogP contribution in [0.4, 0.5) is 0 Å². The summed E-state index contributed by atoms with van der Waals surface area (Å²) in [5.41, 5.74) is 2.23. The molecule has 0 spiro atoms. The molecule has 1 aromatic rings. The van der Waals surface area contributed by atoms with Crippen LogP contribution in [0.3, 0.4) is 0 Å². The molecule has 1 aromatic carbocycles. The van der Waals surface area contributed by atoms with Gasteiger partial charge in [0.2, 0.25) is 5.91 Å². The molecule has 0 heterocycles. The van der Waals surface area contributed by atoms with Crippen LogP contribution in [0, 0.1) is 0 Å². The summed E-state index contributed by atoms with van der Waals surface area (Å²) in [6.45, 7) is 1.96. The maximum Gasteiger partial charge on any atom is 0.238 e. The monoisotopic (exact) mass is 253 g/mol. The van der Waals surface area contributed by atoms with Crippen molar-refractivity contribution in [2.45, 2.75) is 13.3 Å². The van der Waals surface area contributed by atoms with E-state index in [2.05, 4.69) is 5.32 Å². The normalized spacial score (nSPS) is 11.1. The third-order valence-electron chi connectivity index (χ3n) is 2.24. The Morgan fingerprint density at radius 3 is 2.59 bits per heavy atom. The van der Waals surface area contributed by atoms with Gasteiger partial charge in [0.05, 0.1) is 7.11 Å². The minimum Gasteiger partial charge on any atom is -0.497 e. The number of rotatable bonds is 5. The van der Waals surface area contributed by atoms with E-state index in [1.807, 2.05) is 31.2 Å². The second kappa shape index (κ2) is 6.97. The summed E-state index contributed by atoms with van der Waals surface area (Å²) in [5, 5.41) is 2.62. The highest BCUT2D eigenvalue weighted by Gasteiger charge is 1.98. The molecule has 0 radical (unpaired) electrons. The molecule has 1 N–H and O–H groups in total. The van der Waals surface area contributed by atoms with Gasteiger partial charge in [-0.25, -0.2) is 0 Å². The van der Waals surface area contributed by atoms with Crippen molar-refractivity contribution >= 4 is 17.5 Å². The van der Waals surface area contributed by atoms with Crippen molar-refractivity contribution in [1.82, 2.24) is 5.32 Å². The molecule has 0 bridgehead atoms. The van der Waals surface area contributed by atoms with Crippen molar-refractivity contribution in [3.63, 3.8) is 0 Å². The Balaban J connectivity index is 2.54. The standard InChI is InChI=1S/C13H16ClNO2/c1-10(9-15-13(16)8-14)7-11-3-5-12(17-2)6-4-11/h3-6,9H,7-8H2,1-2H3,(H,15,16)/b10-9+. The average Bonchev–Trinajstić information content (AvgIpc) is 2.36. The van der Waals surface area contributed by atoms with E-state index in [-0.39, 0.29) is 11.8 Å². The zero-order chi connectivity index (χ0) is 12.7. The van der Waals surface area contributed by atoms with Crippen LogP contribution in [0.5, 0.6) is 5.75 Å². The molecule has 1 rings (SSSR count). The third kappa shape index (κ3) is 4.91. The van der Waals surface area contributed by atoms with Crippen molar-refractivity contribution in [3.8, 4) is 5.75 Å². The lowest BCUT2D eigenvalue weighted by Crippen LogP contribution is -2.18. The number of carbonyl (C=O) groups excluding carboxylic acids is 1. The van der Waals surface area contributed by atoms with E-state index in [0.29, 0.717) is 0 Å². The van der Waals surface area contributed by atoms with Crippen molar-refractivity contribution in [2.75, 3.05) is 13.0 Å². The van der Waals surface area contributed by atoms with Crippen LogP contribution < -0.4 is 10.1 Å². The Kier molecular flexibility index (Phi) is 5.57. The Labute approximate surface area is 106 Å². The molecule has 0 aliphatic rings. The zero-order valence-electron chi connectivity index (χ0n) is 10.00. The molecular weight excluding hydrogens is 238 g/mol. The minimum atomic E-state index is -0.194. The molecule has 0 aromatic heterocycles. The van der Waals surface area contributed by atoms with Crippen LogP contribution in [0.25, 0.3) is 0 Å². The fourth-order valence-electron chi connectivity index (χ4n) is 1.36. The fourth-order valence-corrected chi connectivity index (χ4v) is 1.44. The highest BCUT2D eigenvalue weighted by molar-refractivity contribution is 6.27. The van der Waals surface area contributed by atoms with Crippen molar-refractivity contribution in [1.29, 1.82) is 0 Å². The summed E-state index contributed by atoms with van der Waals surface area (Å²) in [6, 6.07) is 7.83. The summed E-state index contributed by atoms with van der Waals surface area (Å²) < 4.78 is 5.08. The van der Waals surface area contributed by atoms with Gasteiger partial charge in [-0.15, -0.1) is 11.6 Å². The second-order valence-electron chi connectivity index (χ2n) is 3.72. The first-order chi connectivity index (χ1) is 8.15. The van der Waals surface area contributed by atoms with Crippen LogP contribution in [-0.4, -0.2) is 18.9 Å². The lowest BCUT2D eigenvalue weighted by molar-refractivity contribution is -0.117. The average molecular weight is 254 g/mol. The van der Waals surface area contributed by atoms with E-state index in [0.717, 1.165) is 17.7 Å². The molecule has 0 aliphatic carbocycles. The molecule has 0 saturated heterocycles. The number of benzene rings is 1. The summed E-state index contributed by atoms with van der Waals surface area (Å²) >= 11 is 5.37. The lowest BCUT2D eigenvalue weighted by Gasteiger charge is -2.04. The largest absolute Gasteiger partial charge is 0.497 e. The summed E-state index contributed by atoms with van der Waals surface area (Å²) in [6.07, 6.45) is 2.47. The van der Waals surface area contributed by atoms with E-state index in [1.54, 1.807) is 13.3 Å². The number of alkyl halides is 1. The van der Waals surface area contributed by atoms with E-state index in [9.17, 15) is 4.79 Å². The molecule has 3 nitrogen and oxygen atoms in total. The number of hydrogen-bond donors (Lipinski definition) is 1. The van der Waals surface area contributed by atoms with Crippen LogP contribution in [0.1, 0.15) is 12.5 Å². The second-order valence-corrected chi connectivity index (χ2v) is 3.98. The molecule has 4 heteroatoms. The van der Waals surface area contributed by atoms with Gasteiger partial charge < -0.3 is 10.1 Å². The Hall–Kier alpha value is -1.48. The Morgan fingerprint density at radius 2 is 2.06 bits per heavy atom. The van der Waals surface area contributed by atoms with Gasteiger partial charge in [0.1, 0.15) is 11.6 Å². The number of nitrogens with one attached hydrogen (secondary N) is 1. The van der Waals surface area contributed by atoms with Gasteiger partial charge in [-0.05, 0) is 31.0 Å². The predicted octanol–water partition coefficient (Wildman–Crippen LogP) is 2.50. The molecule has 0 aliphatic heterocycles. The Bertz CT molecular complexity index is 398. The number of methoxy groups -OCH3 is 1. The molecule has 0 saturated carbocycles. The quantitative estimate of drug-likeness (QED) is 0.819. The van der Waals surface area contributed by atoms with Gasteiger partial charge in [0.25, 0.3) is 0 Å². The predicted molar refractivity (Wildman–Crippen MR) is 69.3 cm³/mol. The van der Waals surface area contributed by atoms with Gasteiger partial charge in [-0.2, -0.15) is 0 Å². The highest BCUT2D eigenvalue weighted by atomic mass is 35.5. The van der Waals surface area contributed by atoms with Gasteiger partial charge in [0.15, 0.2) is 0 Å². The third-order valence-corrected chi connectivity index (χ3v) is 2.49. The molecule has 1 amide bonds. The van der Waals surface area contributed by atoms with Crippen LogP contribution in [-0.2, 0) is 11.2 Å². The first kappa shape index (κ1) is 13.6. The van der Waals surface area contributed by atoms with Gasteiger partial charge in [0, 0.05) is 6.20 Å². The number of amides is 1. The fraction of sp³-hybridized carbons (Fsp3) is 0.308. The lowest BCUT2D eigenvalue weighted by atomic mass is 10.1. The van der Waals surface area contributed by atoms with Gasteiger partial charge >= 0.3 is 0 Å². The first-order valence-electron chi connectivity index (χ1n) is 5.29. The van der Waals surface area contributed by atoms with E-state index in [1.165, 1.54) is 5.56 Å². The highest BCUT2D eigenvalue weighted by Crippen LogP contribution is 2.13. The van der Waals surface area contributed by atoms with Crippen LogP contribution in [0.2, 0.25) is 0 Å². The first-order valence-corrected chi connectivity index (χ1v) is 5.83. The number of halogens is 1.